The zero-order valence-corrected chi connectivity index (χ0v) is 11.3. The second-order valence-corrected chi connectivity index (χ2v) is 5.21. The number of halogens is 1. The van der Waals surface area contributed by atoms with Crippen LogP contribution < -0.4 is 10.6 Å². The lowest BCUT2D eigenvalue weighted by Crippen LogP contribution is -2.54. The molecular formula is C14H18ClN3. The van der Waals surface area contributed by atoms with E-state index < -0.39 is 5.54 Å². The van der Waals surface area contributed by atoms with Crippen molar-refractivity contribution in [1.29, 1.82) is 5.26 Å². The second-order valence-electron chi connectivity index (χ2n) is 4.78. The van der Waals surface area contributed by atoms with Crippen molar-refractivity contribution < 1.29 is 0 Å². The van der Waals surface area contributed by atoms with Gasteiger partial charge in [-0.2, -0.15) is 5.26 Å². The number of anilines is 1. The maximum atomic E-state index is 9.60. The van der Waals surface area contributed by atoms with Gasteiger partial charge < -0.3 is 10.6 Å². The summed E-state index contributed by atoms with van der Waals surface area (Å²) < 4.78 is 0. The highest BCUT2D eigenvalue weighted by Crippen LogP contribution is 2.31. The minimum absolute atomic E-state index is 0.315. The lowest BCUT2D eigenvalue weighted by Gasteiger charge is -2.40. The molecule has 0 aliphatic carbocycles. The molecule has 0 saturated carbocycles. The van der Waals surface area contributed by atoms with Gasteiger partial charge in [0.15, 0.2) is 0 Å². The average Bonchev–Trinajstić information content (AvgIpc) is 2.39. The molecule has 1 aromatic rings. The average molecular weight is 264 g/mol. The number of nitriles is 1. The van der Waals surface area contributed by atoms with Crippen LogP contribution in [0.3, 0.4) is 0 Å². The first-order valence-corrected chi connectivity index (χ1v) is 6.73. The van der Waals surface area contributed by atoms with Crippen molar-refractivity contribution in [3.63, 3.8) is 0 Å². The predicted octanol–water partition coefficient (Wildman–Crippen LogP) is 3.03. The summed E-state index contributed by atoms with van der Waals surface area (Å²) in [6.07, 6.45) is 1.79. The molecule has 2 atom stereocenters. The molecule has 0 amide bonds. The quantitative estimate of drug-likeness (QED) is 0.881. The fourth-order valence-electron chi connectivity index (χ4n) is 2.60. The van der Waals surface area contributed by atoms with Crippen LogP contribution in [0, 0.1) is 17.2 Å². The van der Waals surface area contributed by atoms with E-state index in [2.05, 4.69) is 23.6 Å². The summed E-state index contributed by atoms with van der Waals surface area (Å²) in [6.45, 7) is 3.89. The largest absolute Gasteiger partial charge is 0.367 e. The third kappa shape index (κ3) is 2.60. The lowest BCUT2D eigenvalue weighted by atomic mass is 9.78. The van der Waals surface area contributed by atoms with Crippen LogP contribution in [-0.2, 0) is 0 Å². The third-order valence-corrected chi connectivity index (χ3v) is 3.90. The Morgan fingerprint density at radius 3 is 3.11 bits per heavy atom. The monoisotopic (exact) mass is 263 g/mol. The molecule has 1 heterocycles. The normalized spacial score (nSPS) is 27.5. The van der Waals surface area contributed by atoms with Gasteiger partial charge in [0.25, 0.3) is 0 Å². The van der Waals surface area contributed by atoms with E-state index in [0.29, 0.717) is 10.9 Å². The van der Waals surface area contributed by atoms with Crippen molar-refractivity contribution in [1.82, 2.24) is 5.32 Å². The summed E-state index contributed by atoms with van der Waals surface area (Å²) in [5.41, 5.74) is 0.439. The number of nitrogens with zero attached hydrogens (tertiary/aromatic N) is 1. The molecule has 0 bridgehead atoms. The zero-order valence-electron chi connectivity index (χ0n) is 10.5. The van der Waals surface area contributed by atoms with E-state index in [-0.39, 0.29) is 0 Å². The molecule has 2 unspecified atom stereocenters. The van der Waals surface area contributed by atoms with Crippen LogP contribution in [0.25, 0.3) is 0 Å². The van der Waals surface area contributed by atoms with Crippen LogP contribution in [0.2, 0.25) is 5.02 Å². The van der Waals surface area contributed by atoms with Crippen molar-refractivity contribution in [3.05, 3.63) is 29.3 Å². The molecule has 1 fully saturated rings. The van der Waals surface area contributed by atoms with Gasteiger partial charge in [-0.05, 0) is 37.6 Å². The molecule has 0 aromatic heterocycles. The Hall–Kier alpha value is -1.24. The highest BCUT2D eigenvalue weighted by Gasteiger charge is 2.40. The molecule has 2 N–H and O–H groups in total. The number of nitrogens with one attached hydrogen (secondary N) is 2. The highest BCUT2D eigenvalue weighted by atomic mass is 35.5. The highest BCUT2D eigenvalue weighted by molar-refractivity contribution is 6.30. The topological polar surface area (TPSA) is 47.9 Å². The summed E-state index contributed by atoms with van der Waals surface area (Å²) in [5.74, 6) is 0.315. The van der Waals surface area contributed by atoms with Crippen LogP contribution in [0.1, 0.15) is 19.8 Å². The number of hydrogen-bond acceptors (Lipinski definition) is 3. The number of hydrogen-bond donors (Lipinski definition) is 2. The van der Waals surface area contributed by atoms with E-state index >= 15 is 0 Å². The molecule has 3 nitrogen and oxygen atoms in total. The van der Waals surface area contributed by atoms with E-state index in [0.717, 1.165) is 31.6 Å². The Bertz CT molecular complexity index is 455. The van der Waals surface area contributed by atoms with E-state index in [4.69, 9.17) is 11.6 Å². The first-order chi connectivity index (χ1) is 8.70. The van der Waals surface area contributed by atoms with Gasteiger partial charge in [0.05, 0.1) is 6.07 Å². The Kier molecular flexibility index (Phi) is 4.11. The maximum absolute atomic E-state index is 9.60. The predicted molar refractivity (Wildman–Crippen MR) is 74.7 cm³/mol. The van der Waals surface area contributed by atoms with Crippen molar-refractivity contribution in [2.75, 3.05) is 18.4 Å². The van der Waals surface area contributed by atoms with Gasteiger partial charge in [0, 0.05) is 23.2 Å². The zero-order chi connectivity index (χ0) is 13.0. The minimum Gasteiger partial charge on any atom is -0.367 e. The summed E-state index contributed by atoms with van der Waals surface area (Å²) in [4.78, 5) is 0. The van der Waals surface area contributed by atoms with Crippen molar-refractivity contribution in [3.8, 4) is 6.07 Å². The SMILES string of the molecule is CCC1CNCCC1(C#N)Nc1cccc(Cl)c1. The Balaban J connectivity index is 2.24. The molecule has 2 rings (SSSR count). The van der Waals surface area contributed by atoms with Crippen molar-refractivity contribution >= 4 is 17.3 Å². The lowest BCUT2D eigenvalue weighted by molar-refractivity contribution is 0.276. The molecule has 1 aliphatic heterocycles. The molecule has 1 aromatic carbocycles. The molecule has 0 radical (unpaired) electrons. The fourth-order valence-corrected chi connectivity index (χ4v) is 2.79. The number of benzene rings is 1. The van der Waals surface area contributed by atoms with Gasteiger partial charge in [-0.1, -0.05) is 24.6 Å². The Morgan fingerprint density at radius 1 is 1.61 bits per heavy atom. The van der Waals surface area contributed by atoms with Gasteiger partial charge >= 0.3 is 0 Å². The van der Waals surface area contributed by atoms with Crippen LogP contribution in [0.4, 0.5) is 5.69 Å². The van der Waals surface area contributed by atoms with Crippen LogP contribution >= 0.6 is 11.6 Å². The van der Waals surface area contributed by atoms with Crippen LogP contribution in [0.15, 0.2) is 24.3 Å². The van der Waals surface area contributed by atoms with Gasteiger partial charge in [-0.3, -0.25) is 0 Å². The summed E-state index contributed by atoms with van der Waals surface area (Å²) in [5, 5.41) is 17.0. The van der Waals surface area contributed by atoms with E-state index in [9.17, 15) is 5.26 Å². The molecule has 4 heteroatoms. The minimum atomic E-state index is -0.481. The van der Waals surface area contributed by atoms with Crippen molar-refractivity contribution in [2.24, 2.45) is 5.92 Å². The van der Waals surface area contributed by atoms with Crippen LogP contribution in [0.5, 0.6) is 0 Å². The molecule has 1 saturated heterocycles. The molecule has 1 aliphatic rings. The molecular weight excluding hydrogens is 246 g/mol. The molecule has 96 valence electrons. The summed E-state index contributed by atoms with van der Waals surface area (Å²) in [6, 6.07) is 10.1. The fraction of sp³-hybridized carbons (Fsp3) is 0.500. The molecule has 0 spiro atoms. The maximum Gasteiger partial charge on any atom is 0.130 e. The standard InChI is InChI=1S/C14H18ClN3/c1-2-11-9-17-7-6-14(11,10-16)18-13-5-3-4-12(15)8-13/h3-5,8,11,17-18H,2,6-7,9H2,1H3. The van der Waals surface area contributed by atoms with Crippen LogP contribution in [-0.4, -0.2) is 18.6 Å². The number of rotatable bonds is 3. The van der Waals surface area contributed by atoms with E-state index in [1.165, 1.54) is 0 Å². The van der Waals surface area contributed by atoms with Crippen molar-refractivity contribution in [2.45, 2.75) is 25.3 Å². The Labute approximate surface area is 113 Å². The first-order valence-electron chi connectivity index (χ1n) is 6.36. The Morgan fingerprint density at radius 2 is 2.44 bits per heavy atom. The smallest absolute Gasteiger partial charge is 0.130 e. The first kappa shape index (κ1) is 13.2. The summed E-state index contributed by atoms with van der Waals surface area (Å²) >= 11 is 5.99. The second kappa shape index (κ2) is 5.60. The molecule has 18 heavy (non-hydrogen) atoms. The third-order valence-electron chi connectivity index (χ3n) is 3.67. The van der Waals surface area contributed by atoms with Gasteiger partial charge in [-0.15, -0.1) is 0 Å². The number of piperidine rings is 1. The summed E-state index contributed by atoms with van der Waals surface area (Å²) in [7, 11) is 0. The van der Waals surface area contributed by atoms with Gasteiger partial charge in [0.2, 0.25) is 0 Å². The van der Waals surface area contributed by atoms with E-state index in [1.54, 1.807) is 0 Å². The van der Waals surface area contributed by atoms with E-state index in [1.807, 2.05) is 24.3 Å². The van der Waals surface area contributed by atoms with Gasteiger partial charge in [-0.25, -0.2) is 0 Å². The van der Waals surface area contributed by atoms with Gasteiger partial charge in [0.1, 0.15) is 5.54 Å².